The van der Waals surface area contributed by atoms with Crippen LogP contribution in [-0.4, -0.2) is 36.1 Å². The van der Waals surface area contributed by atoms with Crippen LogP contribution < -0.4 is 4.90 Å². The standard InChI is InChI=1S/C18H16F2N2O2S/c1-21(9-12-6-7-13(19)14(20)8-12)17(23)10-22-15-4-2-3-5-16(15)25-11-18(22)24/h2-8H,9-11H2,1H3. The van der Waals surface area contributed by atoms with E-state index in [1.807, 2.05) is 24.3 Å². The summed E-state index contributed by atoms with van der Waals surface area (Å²) in [5, 5.41) is 0. The minimum atomic E-state index is -0.949. The first-order valence-electron chi connectivity index (χ1n) is 7.66. The highest BCUT2D eigenvalue weighted by Gasteiger charge is 2.27. The van der Waals surface area contributed by atoms with Gasteiger partial charge in [-0.2, -0.15) is 0 Å². The fraction of sp³-hybridized carbons (Fsp3) is 0.222. The van der Waals surface area contributed by atoms with Gasteiger partial charge in [0.25, 0.3) is 0 Å². The zero-order chi connectivity index (χ0) is 18.0. The van der Waals surface area contributed by atoms with E-state index in [1.54, 1.807) is 7.05 Å². The number of thioether (sulfide) groups is 1. The average molecular weight is 362 g/mol. The first-order chi connectivity index (χ1) is 12.0. The Morgan fingerprint density at radius 3 is 2.72 bits per heavy atom. The molecule has 4 nitrogen and oxygen atoms in total. The van der Waals surface area contributed by atoms with Crippen molar-refractivity contribution in [2.45, 2.75) is 11.4 Å². The van der Waals surface area contributed by atoms with Crippen LogP contribution in [0.15, 0.2) is 47.4 Å². The second kappa shape index (κ2) is 7.23. The monoisotopic (exact) mass is 362 g/mol. The van der Waals surface area contributed by atoms with Crippen molar-refractivity contribution in [2.75, 3.05) is 24.2 Å². The third kappa shape index (κ3) is 3.82. The molecule has 25 heavy (non-hydrogen) atoms. The molecular formula is C18H16F2N2O2S. The second-order valence-electron chi connectivity index (χ2n) is 5.73. The molecule has 0 aromatic heterocycles. The number of fused-ring (bicyclic) bond motifs is 1. The van der Waals surface area contributed by atoms with Gasteiger partial charge in [0.1, 0.15) is 6.54 Å². The Bertz CT molecular complexity index is 828. The van der Waals surface area contributed by atoms with Gasteiger partial charge in [0.2, 0.25) is 11.8 Å². The van der Waals surface area contributed by atoms with E-state index in [4.69, 9.17) is 0 Å². The van der Waals surface area contributed by atoms with Crippen LogP contribution in [-0.2, 0) is 16.1 Å². The Labute approximate surface area is 148 Å². The van der Waals surface area contributed by atoms with Crippen molar-refractivity contribution in [3.8, 4) is 0 Å². The van der Waals surface area contributed by atoms with Crippen molar-refractivity contribution in [3.05, 3.63) is 59.7 Å². The largest absolute Gasteiger partial charge is 0.340 e. The zero-order valence-electron chi connectivity index (χ0n) is 13.5. The van der Waals surface area contributed by atoms with Gasteiger partial charge in [-0.15, -0.1) is 11.8 Å². The van der Waals surface area contributed by atoms with Crippen LogP contribution in [0.25, 0.3) is 0 Å². The quantitative estimate of drug-likeness (QED) is 0.839. The minimum Gasteiger partial charge on any atom is -0.340 e. The van der Waals surface area contributed by atoms with Crippen LogP contribution in [0.3, 0.4) is 0 Å². The highest BCUT2D eigenvalue weighted by molar-refractivity contribution is 8.00. The third-order valence-corrected chi connectivity index (χ3v) is 4.98. The van der Waals surface area contributed by atoms with E-state index in [-0.39, 0.29) is 30.7 Å². The number of carbonyl (C=O) groups excluding carboxylic acids is 2. The lowest BCUT2D eigenvalue weighted by Gasteiger charge is -2.30. The van der Waals surface area contributed by atoms with E-state index in [0.29, 0.717) is 5.56 Å². The van der Waals surface area contributed by atoms with E-state index in [1.165, 1.54) is 27.6 Å². The molecule has 0 radical (unpaired) electrons. The van der Waals surface area contributed by atoms with E-state index in [0.717, 1.165) is 22.7 Å². The smallest absolute Gasteiger partial charge is 0.242 e. The normalized spacial score (nSPS) is 13.6. The van der Waals surface area contributed by atoms with Crippen LogP contribution in [0, 0.1) is 11.6 Å². The number of rotatable bonds is 4. The Balaban J connectivity index is 1.71. The molecule has 7 heteroatoms. The van der Waals surface area contributed by atoms with Crippen LogP contribution >= 0.6 is 11.8 Å². The summed E-state index contributed by atoms with van der Waals surface area (Å²) < 4.78 is 26.3. The lowest BCUT2D eigenvalue weighted by Crippen LogP contribution is -2.43. The van der Waals surface area contributed by atoms with Gasteiger partial charge < -0.3 is 9.80 Å². The van der Waals surface area contributed by atoms with Gasteiger partial charge in [0, 0.05) is 18.5 Å². The first kappa shape index (κ1) is 17.4. The Kier molecular flexibility index (Phi) is 5.03. The number of likely N-dealkylation sites (N-methyl/N-ethyl adjacent to an activating group) is 1. The molecule has 0 saturated heterocycles. The molecule has 0 atom stereocenters. The Morgan fingerprint density at radius 1 is 1.20 bits per heavy atom. The molecule has 2 amide bonds. The predicted octanol–water partition coefficient (Wildman–Crippen LogP) is 3.06. The number of carbonyl (C=O) groups is 2. The van der Waals surface area contributed by atoms with Gasteiger partial charge in [-0.1, -0.05) is 18.2 Å². The molecule has 1 heterocycles. The molecule has 0 spiro atoms. The molecule has 0 aliphatic carbocycles. The van der Waals surface area contributed by atoms with Crippen LogP contribution in [0.2, 0.25) is 0 Å². The maximum Gasteiger partial charge on any atom is 0.242 e. The molecule has 2 aromatic rings. The molecule has 3 rings (SSSR count). The molecule has 1 aliphatic heterocycles. The van der Waals surface area contributed by atoms with E-state index in [2.05, 4.69) is 0 Å². The van der Waals surface area contributed by atoms with Crippen molar-refractivity contribution in [1.29, 1.82) is 0 Å². The summed E-state index contributed by atoms with van der Waals surface area (Å²) in [5.74, 6) is -1.99. The topological polar surface area (TPSA) is 40.6 Å². The van der Waals surface area contributed by atoms with Crippen molar-refractivity contribution in [1.82, 2.24) is 4.90 Å². The summed E-state index contributed by atoms with van der Waals surface area (Å²) in [7, 11) is 1.57. The summed E-state index contributed by atoms with van der Waals surface area (Å²) >= 11 is 1.45. The molecule has 2 aromatic carbocycles. The number of halogens is 2. The summed E-state index contributed by atoms with van der Waals surface area (Å²) in [6.07, 6.45) is 0. The van der Waals surface area contributed by atoms with Crippen LogP contribution in [0.1, 0.15) is 5.56 Å². The molecule has 0 saturated carbocycles. The number of anilines is 1. The Morgan fingerprint density at radius 2 is 1.96 bits per heavy atom. The molecular weight excluding hydrogens is 346 g/mol. The van der Waals surface area contributed by atoms with Crippen molar-refractivity contribution in [2.24, 2.45) is 0 Å². The van der Waals surface area contributed by atoms with Crippen molar-refractivity contribution in [3.63, 3.8) is 0 Å². The number of hydrogen-bond acceptors (Lipinski definition) is 3. The molecule has 0 N–H and O–H groups in total. The number of benzene rings is 2. The highest BCUT2D eigenvalue weighted by atomic mass is 32.2. The van der Waals surface area contributed by atoms with Gasteiger partial charge >= 0.3 is 0 Å². The SMILES string of the molecule is CN(Cc1ccc(F)c(F)c1)C(=O)CN1C(=O)CSc2ccccc21. The predicted molar refractivity (Wildman–Crippen MR) is 92.4 cm³/mol. The molecule has 1 aliphatic rings. The fourth-order valence-electron chi connectivity index (χ4n) is 2.58. The summed E-state index contributed by atoms with van der Waals surface area (Å²) in [6, 6.07) is 11.0. The van der Waals surface area contributed by atoms with E-state index >= 15 is 0 Å². The highest BCUT2D eigenvalue weighted by Crippen LogP contribution is 2.34. The zero-order valence-corrected chi connectivity index (χ0v) is 14.4. The van der Waals surface area contributed by atoms with Crippen molar-refractivity contribution < 1.29 is 18.4 Å². The lowest BCUT2D eigenvalue weighted by atomic mass is 10.2. The van der Waals surface area contributed by atoms with Gasteiger partial charge in [0.15, 0.2) is 11.6 Å². The maximum atomic E-state index is 13.3. The average Bonchev–Trinajstić information content (AvgIpc) is 2.60. The first-order valence-corrected chi connectivity index (χ1v) is 8.64. The van der Waals surface area contributed by atoms with E-state index in [9.17, 15) is 18.4 Å². The number of nitrogens with zero attached hydrogens (tertiary/aromatic N) is 2. The van der Waals surface area contributed by atoms with E-state index < -0.39 is 11.6 Å². The summed E-state index contributed by atoms with van der Waals surface area (Å²) in [6.45, 7) is 0.0467. The van der Waals surface area contributed by atoms with Gasteiger partial charge in [-0.05, 0) is 29.8 Å². The second-order valence-corrected chi connectivity index (χ2v) is 6.75. The Hall–Kier alpha value is -2.41. The summed E-state index contributed by atoms with van der Waals surface area (Å²) in [4.78, 5) is 28.5. The number of para-hydroxylation sites is 1. The number of hydrogen-bond donors (Lipinski definition) is 0. The maximum absolute atomic E-state index is 13.3. The minimum absolute atomic E-state index is 0.0867. The number of amides is 2. The van der Waals surface area contributed by atoms with Gasteiger partial charge in [-0.3, -0.25) is 9.59 Å². The summed E-state index contributed by atoms with van der Waals surface area (Å²) in [5.41, 5.74) is 1.20. The van der Waals surface area contributed by atoms with Gasteiger partial charge in [-0.25, -0.2) is 8.78 Å². The molecule has 130 valence electrons. The van der Waals surface area contributed by atoms with Crippen molar-refractivity contribution >= 4 is 29.3 Å². The molecule has 0 bridgehead atoms. The molecule has 0 fully saturated rings. The van der Waals surface area contributed by atoms with Crippen LogP contribution in [0.5, 0.6) is 0 Å². The lowest BCUT2D eigenvalue weighted by molar-refractivity contribution is -0.130. The fourth-order valence-corrected chi connectivity index (χ4v) is 3.52. The van der Waals surface area contributed by atoms with Gasteiger partial charge in [0.05, 0.1) is 11.4 Å². The van der Waals surface area contributed by atoms with Crippen LogP contribution in [0.4, 0.5) is 14.5 Å². The molecule has 0 unspecified atom stereocenters. The third-order valence-electron chi connectivity index (χ3n) is 3.93.